The van der Waals surface area contributed by atoms with Crippen LogP contribution in [0.5, 0.6) is 0 Å². The monoisotopic (exact) mass is 437 g/mol. The Bertz CT molecular complexity index is 1030. The van der Waals surface area contributed by atoms with Crippen LogP contribution in [0.2, 0.25) is 0 Å². The first-order valence-electron chi connectivity index (χ1n) is 11.0. The standard InChI is InChI=1S/C26H35N3O3/c1-10-29-22(15-17(2)28-29)23(31-18(3)32-24(30)26(7,8)9)21(16-27)19-11-13-20(14-12-19)25(4,5)6/h11-15,18H,10H2,1-9H3/b23-21-. The summed E-state index contributed by atoms with van der Waals surface area (Å²) in [6.45, 7) is 17.9. The molecule has 0 amide bonds. The third kappa shape index (κ3) is 6.00. The van der Waals surface area contributed by atoms with Gasteiger partial charge in [-0.25, -0.2) is 0 Å². The lowest BCUT2D eigenvalue weighted by Crippen LogP contribution is -2.28. The Morgan fingerprint density at radius 2 is 1.72 bits per heavy atom. The Labute approximate surface area is 191 Å². The Hall–Kier alpha value is -3.07. The van der Waals surface area contributed by atoms with E-state index >= 15 is 0 Å². The van der Waals surface area contributed by atoms with E-state index in [2.05, 4.69) is 31.9 Å². The molecule has 1 aromatic heterocycles. The molecule has 0 fully saturated rings. The van der Waals surface area contributed by atoms with Crippen molar-refractivity contribution < 1.29 is 14.3 Å². The largest absolute Gasteiger partial charge is 0.451 e. The Morgan fingerprint density at radius 3 is 2.19 bits per heavy atom. The average Bonchev–Trinajstić information content (AvgIpc) is 3.07. The van der Waals surface area contributed by atoms with Crippen molar-refractivity contribution in [1.29, 1.82) is 5.26 Å². The predicted molar refractivity (Wildman–Crippen MR) is 126 cm³/mol. The van der Waals surface area contributed by atoms with Gasteiger partial charge in [-0.05, 0) is 57.2 Å². The summed E-state index contributed by atoms with van der Waals surface area (Å²) in [5.41, 5.74) is 3.07. The molecule has 0 N–H and O–H groups in total. The molecule has 6 heteroatoms. The zero-order valence-electron chi connectivity index (χ0n) is 20.7. The number of carbonyl (C=O) groups is 1. The summed E-state index contributed by atoms with van der Waals surface area (Å²) in [7, 11) is 0. The van der Waals surface area contributed by atoms with Gasteiger partial charge in [-0.3, -0.25) is 9.48 Å². The van der Waals surface area contributed by atoms with Gasteiger partial charge in [-0.15, -0.1) is 0 Å². The normalized spacial score (nSPS) is 13.8. The molecular formula is C26H35N3O3. The van der Waals surface area contributed by atoms with Gasteiger partial charge in [0.2, 0.25) is 6.29 Å². The Morgan fingerprint density at radius 1 is 1.12 bits per heavy atom. The van der Waals surface area contributed by atoms with Crippen LogP contribution in [0.15, 0.2) is 30.3 Å². The van der Waals surface area contributed by atoms with Crippen molar-refractivity contribution in [2.75, 3.05) is 0 Å². The maximum Gasteiger partial charge on any atom is 0.314 e. The van der Waals surface area contributed by atoms with E-state index in [0.717, 1.165) is 11.3 Å². The molecule has 0 radical (unpaired) electrons. The molecule has 172 valence electrons. The fraction of sp³-hybridized carbons (Fsp3) is 0.500. The first-order valence-corrected chi connectivity index (χ1v) is 11.0. The van der Waals surface area contributed by atoms with Crippen LogP contribution < -0.4 is 0 Å². The number of nitriles is 1. The van der Waals surface area contributed by atoms with Crippen LogP contribution in [0.25, 0.3) is 11.3 Å². The van der Waals surface area contributed by atoms with Crippen LogP contribution in [0, 0.1) is 23.7 Å². The third-order valence-electron chi connectivity index (χ3n) is 4.98. The highest BCUT2D eigenvalue weighted by Gasteiger charge is 2.27. The van der Waals surface area contributed by atoms with Gasteiger partial charge in [0.25, 0.3) is 0 Å². The van der Waals surface area contributed by atoms with Gasteiger partial charge in [-0.2, -0.15) is 10.4 Å². The van der Waals surface area contributed by atoms with E-state index in [1.54, 1.807) is 32.4 Å². The summed E-state index contributed by atoms with van der Waals surface area (Å²) in [6, 6.07) is 12.1. The molecule has 32 heavy (non-hydrogen) atoms. The minimum Gasteiger partial charge on any atom is -0.451 e. The molecule has 0 saturated heterocycles. The highest BCUT2D eigenvalue weighted by atomic mass is 16.7. The quantitative estimate of drug-likeness (QED) is 0.245. The summed E-state index contributed by atoms with van der Waals surface area (Å²) >= 11 is 0. The SMILES string of the molecule is CCn1nc(C)cc1/C(OC(C)OC(=O)C(C)(C)C)=C(\C#N)c1ccc(C(C)(C)C)cc1. The molecule has 0 aliphatic carbocycles. The summed E-state index contributed by atoms with van der Waals surface area (Å²) < 4.78 is 13.4. The van der Waals surface area contributed by atoms with E-state index in [-0.39, 0.29) is 11.4 Å². The van der Waals surface area contributed by atoms with E-state index in [4.69, 9.17) is 9.47 Å². The van der Waals surface area contributed by atoms with Crippen molar-refractivity contribution in [2.45, 2.75) is 80.6 Å². The van der Waals surface area contributed by atoms with E-state index in [1.807, 2.05) is 44.2 Å². The number of ether oxygens (including phenoxy) is 2. The van der Waals surface area contributed by atoms with Crippen LogP contribution in [0.3, 0.4) is 0 Å². The van der Waals surface area contributed by atoms with Crippen LogP contribution in [0.1, 0.15) is 77.9 Å². The van der Waals surface area contributed by atoms with E-state index in [1.165, 1.54) is 5.56 Å². The second kappa shape index (κ2) is 9.60. The second-order valence-corrected chi connectivity index (χ2v) is 9.97. The minimum absolute atomic E-state index is 0.00198. The highest BCUT2D eigenvalue weighted by molar-refractivity contribution is 5.94. The molecule has 1 atom stereocenters. The van der Waals surface area contributed by atoms with E-state index in [0.29, 0.717) is 23.6 Å². The zero-order chi connectivity index (χ0) is 24.3. The summed E-state index contributed by atoms with van der Waals surface area (Å²) in [4.78, 5) is 12.4. The number of esters is 1. The van der Waals surface area contributed by atoms with Crippen LogP contribution in [0.4, 0.5) is 0 Å². The number of carbonyl (C=O) groups excluding carboxylic acids is 1. The summed E-state index contributed by atoms with van der Waals surface area (Å²) in [6.07, 6.45) is -0.880. The van der Waals surface area contributed by atoms with Crippen molar-refractivity contribution in [1.82, 2.24) is 9.78 Å². The number of aromatic nitrogens is 2. The molecule has 1 aromatic carbocycles. The fourth-order valence-electron chi connectivity index (χ4n) is 3.12. The molecule has 0 aliphatic heterocycles. The number of hydrogen-bond acceptors (Lipinski definition) is 5. The third-order valence-corrected chi connectivity index (χ3v) is 4.98. The lowest BCUT2D eigenvalue weighted by molar-refractivity contribution is -0.173. The molecule has 0 spiro atoms. The zero-order valence-corrected chi connectivity index (χ0v) is 20.7. The topological polar surface area (TPSA) is 77.1 Å². The van der Waals surface area contributed by atoms with Crippen LogP contribution >= 0.6 is 0 Å². The van der Waals surface area contributed by atoms with Gasteiger partial charge in [0.15, 0.2) is 5.76 Å². The van der Waals surface area contributed by atoms with Gasteiger partial charge >= 0.3 is 5.97 Å². The van der Waals surface area contributed by atoms with Crippen LogP contribution in [-0.2, 0) is 26.2 Å². The summed E-state index contributed by atoms with van der Waals surface area (Å²) in [5.74, 6) is -0.0368. The lowest BCUT2D eigenvalue weighted by atomic mass is 9.86. The first kappa shape index (κ1) is 25.2. The highest BCUT2D eigenvalue weighted by Crippen LogP contribution is 2.31. The van der Waals surface area contributed by atoms with Gasteiger partial charge in [0.05, 0.1) is 11.1 Å². The van der Waals surface area contributed by atoms with Crippen molar-refractivity contribution in [3.8, 4) is 6.07 Å². The van der Waals surface area contributed by atoms with Crippen molar-refractivity contribution in [3.63, 3.8) is 0 Å². The Kier molecular flexibility index (Phi) is 7.56. The number of allylic oxidation sites excluding steroid dienone is 1. The van der Waals surface area contributed by atoms with Crippen molar-refractivity contribution in [2.24, 2.45) is 5.41 Å². The maximum atomic E-state index is 12.4. The van der Waals surface area contributed by atoms with Gasteiger partial charge in [-0.1, -0.05) is 45.0 Å². The predicted octanol–water partition coefficient (Wildman–Crippen LogP) is 5.85. The number of benzene rings is 1. The van der Waals surface area contributed by atoms with Crippen molar-refractivity contribution in [3.05, 3.63) is 52.8 Å². The average molecular weight is 438 g/mol. The number of rotatable bonds is 6. The van der Waals surface area contributed by atoms with Gasteiger partial charge < -0.3 is 9.47 Å². The number of aryl methyl sites for hydroxylation is 2. The van der Waals surface area contributed by atoms with Crippen molar-refractivity contribution >= 4 is 17.3 Å². The first-order chi connectivity index (χ1) is 14.8. The molecule has 6 nitrogen and oxygen atoms in total. The van der Waals surface area contributed by atoms with Gasteiger partial charge in [0, 0.05) is 13.5 Å². The molecule has 1 heterocycles. The molecule has 0 bridgehead atoms. The molecular weight excluding hydrogens is 402 g/mol. The number of hydrogen-bond donors (Lipinski definition) is 0. The molecule has 2 rings (SSSR count). The smallest absolute Gasteiger partial charge is 0.314 e. The number of nitrogens with zero attached hydrogens (tertiary/aromatic N) is 3. The Balaban J connectivity index is 2.58. The second-order valence-electron chi connectivity index (χ2n) is 9.97. The summed E-state index contributed by atoms with van der Waals surface area (Å²) in [5, 5.41) is 14.6. The molecule has 2 aromatic rings. The molecule has 0 saturated carbocycles. The lowest BCUT2D eigenvalue weighted by Gasteiger charge is -2.23. The van der Waals surface area contributed by atoms with E-state index in [9.17, 15) is 10.1 Å². The van der Waals surface area contributed by atoms with E-state index < -0.39 is 11.7 Å². The molecule has 1 unspecified atom stereocenters. The maximum absolute atomic E-state index is 12.4. The molecule has 0 aliphatic rings. The van der Waals surface area contributed by atoms with Crippen LogP contribution in [-0.4, -0.2) is 22.0 Å². The minimum atomic E-state index is -0.880. The van der Waals surface area contributed by atoms with Gasteiger partial charge in [0.1, 0.15) is 17.3 Å². The fourth-order valence-corrected chi connectivity index (χ4v) is 3.12.